The van der Waals surface area contributed by atoms with Gasteiger partial charge in [-0.25, -0.2) is 8.42 Å². The summed E-state index contributed by atoms with van der Waals surface area (Å²) in [6.07, 6.45) is 0. The van der Waals surface area contributed by atoms with Crippen molar-refractivity contribution in [1.29, 1.82) is 0 Å². The number of benzene rings is 2. The van der Waals surface area contributed by atoms with Crippen molar-refractivity contribution in [3.63, 3.8) is 0 Å². The molecule has 0 aromatic heterocycles. The fourth-order valence-corrected chi connectivity index (χ4v) is 1.98. The van der Waals surface area contributed by atoms with Crippen molar-refractivity contribution >= 4 is 21.8 Å². The highest BCUT2D eigenvalue weighted by Gasteiger charge is 2.10. The lowest BCUT2D eigenvalue weighted by Gasteiger charge is -2.23. The van der Waals surface area contributed by atoms with E-state index in [1.54, 1.807) is 6.07 Å². The lowest BCUT2D eigenvalue weighted by molar-refractivity contribution is 0.314. The molecule has 0 amide bonds. The Balaban J connectivity index is 0.000000487. The summed E-state index contributed by atoms with van der Waals surface area (Å²) in [6, 6.07) is 14.2. The lowest BCUT2D eigenvalue weighted by atomic mass is 10.1. The van der Waals surface area contributed by atoms with Gasteiger partial charge in [-0.05, 0) is 36.2 Å². The number of phenolic OH excluding ortho intramolecular Hbond substituents is 1. The second-order valence-electron chi connectivity index (χ2n) is 6.61. The maximum absolute atomic E-state index is 9.68. The van der Waals surface area contributed by atoms with Crippen molar-refractivity contribution in [2.24, 2.45) is 0 Å². The molecule has 0 bridgehead atoms. The molecule has 2 aromatic carbocycles. The normalized spacial score (nSPS) is 11.5. The van der Waals surface area contributed by atoms with Crippen LogP contribution in [0, 0.1) is 6.92 Å². The van der Waals surface area contributed by atoms with E-state index in [1.165, 1.54) is 11.3 Å². The first kappa shape index (κ1) is 21.9. The van der Waals surface area contributed by atoms with Gasteiger partial charge in [-0.1, -0.05) is 18.2 Å². The summed E-state index contributed by atoms with van der Waals surface area (Å²) in [5, 5.41) is 13.0. The zero-order valence-electron chi connectivity index (χ0n) is 15.7. The van der Waals surface area contributed by atoms with E-state index < -0.39 is 10.4 Å². The van der Waals surface area contributed by atoms with E-state index in [9.17, 15) is 18.1 Å². The Bertz CT molecular complexity index is 812. The van der Waals surface area contributed by atoms with Gasteiger partial charge < -0.3 is 15.0 Å². The molecule has 8 heteroatoms. The number of nitrogens with zero attached hydrogens (tertiary/aromatic N) is 1. The smallest absolute Gasteiger partial charge is 0.217 e. The van der Waals surface area contributed by atoms with E-state index in [2.05, 4.69) is 54.9 Å². The summed E-state index contributed by atoms with van der Waals surface area (Å²) in [4.78, 5) is 0. The summed E-state index contributed by atoms with van der Waals surface area (Å²) >= 11 is 0. The van der Waals surface area contributed by atoms with Crippen molar-refractivity contribution in [2.75, 3.05) is 33.6 Å². The second kappa shape index (κ2) is 9.00. The molecule has 2 aromatic rings. The minimum absolute atomic E-state index is 0.329. The first-order chi connectivity index (χ1) is 11.9. The minimum Gasteiger partial charge on any atom is -0.726 e. The molecule has 0 atom stereocenters. The van der Waals surface area contributed by atoms with E-state index in [4.69, 9.17) is 0 Å². The van der Waals surface area contributed by atoms with Crippen LogP contribution in [-0.2, 0) is 21.1 Å². The summed E-state index contributed by atoms with van der Waals surface area (Å²) in [6.45, 7) is 2.64. The van der Waals surface area contributed by atoms with Gasteiger partial charge in [0.15, 0.2) is 0 Å². The van der Waals surface area contributed by atoms with Gasteiger partial charge in [0, 0.05) is 18.3 Å². The summed E-state index contributed by atoms with van der Waals surface area (Å²) in [7, 11) is 2.86. The number of anilines is 1. The van der Waals surface area contributed by atoms with Gasteiger partial charge in [0.25, 0.3) is 0 Å². The number of rotatable bonds is 5. The predicted octanol–water partition coefficient (Wildman–Crippen LogP) is 2.60. The molecule has 0 aliphatic heterocycles. The molecule has 0 radical (unpaired) electrons. The number of aromatic hydroxyl groups is 1. The van der Waals surface area contributed by atoms with Crippen LogP contribution in [0.25, 0.3) is 0 Å². The van der Waals surface area contributed by atoms with Crippen molar-refractivity contribution in [2.45, 2.75) is 13.5 Å². The third kappa shape index (κ3) is 7.83. The van der Waals surface area contributed by atoms with Crippen LogP contribution in [0.2, 0.25) is 0 Å². The Morgan fingerprint density at radius 3 is 2.08 bits per heavy atom. The van der Waals surface area contributed by atoms with Crippen LogP contribution in [0.15, 0.2) is 42.5 Å². The van der Waals surface area contributed by atoms with Crippen LogP contribution >= 0.6 is 0 Å². The molecule has 0 unspecified atom stereocenters. The van der Waals surface area contributed by atoms with Crippen molar-refractivity contribution in [1.82, 2.24) is 4.48 Å². The predicted molar refractivity (Wildman–Crippen MR) is 103 cm³/mol. The van der Waals surface area contributed by atoms with Crippen molar-refractivity contribution in [3.8, 4) is 5.75 Å². The summed E-state index contributed by atoms with van der Waals surface area (Å²) < 4.78 is 31.8. The largest absolute Gasteiger partial charge is 0.726 e. The molecule has 0 aliphatic rings. The molecule has 0 aliphatic carbocycles. The zero-order chi connectivity index (χ0) is 20.0. The third-order valence-electron chi connectivity index (χ3n) is 3.62. The highest BCUT2D eigenvalue weighted by molar-refractivity contribution is 7.80. The Hall–Kier alpha value is -2.13. The molecule has 0 heterocycles. The third-order valence-corrected chi connectivity index (χ3v) is 4.03. The standard InChI is InChI=1S/C17H22N2O.CH4O4S/c1-13-5-8-15(11-17(13)20)18-12-14-6-9-16(10-7-14)19(2,3)4;1-5-6(2,3)4/h5-11,18H,12H2,1-4H3;1H3,(H,2,3,4). The molecule has 2 rings (SSSR count). The Morgan fingerprint density at radius 2 is 1.65 bits per heavy atom. The van der Waals surface area contributed by atoms with Crippen LogP contribution in [0.1, 0.15) is 11.1 Å². The van der Waals surface area contributed by atoms with E-state index in [0.29, 0.717) is 5.75 Å². The van der Waals surface area contributed by atoms with Crippen molar-refractivity contribution in [3.05, 3.63) is 53.6 Å². The van der Waals surface area contributed by atoms with Crippen LogP contribution in [0.3, 0.4) is 0 Å². The van der Waals surface area contributed by atoms with Gasteiger partial charge in [0.05, 0.1) is 28.3 Å². The number of quaternary nitrogens is 1. The fraction of sp³-hybridized carbons (Fsp3) is 0.333. The summed E-state index contributed by atoms with van der Waals surface area (Å²) in [5.41, 5.74) is 4.33. The van der Waals surface area contributed by atoms with Gasteiger partial charge in [-0.3, -0.25) is 8.67 Å². The average Bonchev–Trinajstić information content (AvgIpc) is 2.55. The van der Waals surface area contributed by atoms with Crippen LogP contribution in [-0.4, -0.2) is 46.3 Å². The van der Waals surface area contributed by atoms with E-state index in [1.807, 2.05) is 19.1 Å². The van der Waals surface area contributed by atoms with Crippen molar-refractivity contribution < 1.29 is 22.3 Å². The minimum atomic E-state index is -4.41. The fourth-order valence-electron chi connectivity index (χ4n) is 1.98. The molecular formula is C18H26N2O5S. The maximum Gasteiger partial charge on any atom is 0.217 e. The van der Waals surface area contributed by atoms with Gasteiger partial charge in [0.1, 0.15) is 11.4 Å². The maximum atomic E-state index is 9.68. The molecule has 0 saturated heterocycles. The molecule has 0 fully saturated rings. The molecule has 144 valence electrons. The van der Waals surface area contributed by atoms with Gasteiger partial charge in [-0.2, -0.15) is 0 Å². The Kier molecular flexibility index (Phi) is 7.58. The van der Waals surface area contributed by atoms with E-state index in [-0.39, 0.29) is 0 Å². The van der Waals surface area contributed by atoms with Crippen LogP contribution in [0.5, 0.6) is 5.75 Å². The number of hydrogen-bond donors (Lipinski definition) is 2. The van der Waals surface area contributed by atoms with E-state index in [0.717, 1.165) is 29.4 Å². The molecule has 2 N–H and O–H groups in total. The SMILES string of the molecule is COS(=O)(=O)[O-].Cc1ccc(NCc2ccc([N+](C)(C)C)cc2)cc1O. The molecule has 7 nitrogen and oxygen atoms in total. The monoisotopic (exact) mass is 382 g/mol. The highest BCUT2D eigenvalue weighted by Crippen LogP contribution is 2.22. The van der Waals surface area contributed by atoms with Gasteiger partial charge in [0.2, 0.25) is 10.4 Å². The number of phenols is 1. The second-order valence-corrected chi connectivity index (χ2v) is 7.76. The molecule has 0 spiro atoms. The highest BCUT2D eigenvalue weighted by atomic mass is 32.3. The number of hydrogen-bond acceptors (Lipinski definition) is 6. The zero-order valence-corrected chi connectivity index (χ0v) is 16.5. The number of aryl methyl sites for hydroxylation is 1. The Morgan fingerprint density at radius 1 is 1.12 bits per heavy atom. The molecule has 26 heavy (non-hydrogen) atoms. The summed E-state index contributed by atoms with van der Waals surface area (Å²) in [5.74, 6) is 0.329. The number of nitrogens with one attached hydrogen (secondary N) is 1. The first-order valence-corrected chi connectivity index (χ1v) is 9.21. The van der Waals surface area contributed by atoms with Crippen LogP contribution in [0.4, 0.5) is 11.4 Å². The average molecular weight is 382 g/mol. The van der Waals surface area contributed by atoms with Crippen LogP contribution < -0.4 is 9.80 Å². The van der Waals surface area contributed by atoms with Gasteiger partial charge in [-0.15, -0.1) is 0 Å². The van der Waals surface area contributed by atoms with Gasteiger partial charge >= 0.3 is 0 Å². The molecule has 0 saturated carbocycles. The quantitative estimate of drug-likeness (QED) is 0.469. The molecular weight excluding hydrogens is 356 g/mol. The lowest BCUT2D eigenvalue weighted by Crippen LogP contribution is -2.34. The topological polar surface area (TPSA) is 98.7 Å². The first-order valence-electron chi connectivity index (χ1n) is 7.88. The van der Waals surface area contributed by atoms with E-state index >= 15 is 0 Å². The Labute approximate surface area is 155 Å².